The molecule has 3 aromatic rings. The van der Waals surface area contributed by atoms with Gasteiger partial charge in [0, 0.05) is 37.9 Å². The Morgan fingerprint density at radius 1 is 1.00 bits per heavy atom. The third kappa shape index (κ3) is 3.39. The van der Waals surface area contributed by atoms with Crippen molar-refractivity contribution in [1.29, 1.82) is 0 Å². The first-order valence-corrected chi connectivity index (χ1v) is 8.50. The lowest BCUT2D eigenvalue weighted by molar-refractivity contribution is 0.312. The van der Waals surface area contributed by atoms with Crippen LogP contribution in [0.4, 0.5) is 5.82 Å². The van der Waals surface area contributed by atoms with Gasteiger partial charge in [-0.25, -0.2) is 4.98 Å². The topological polar surface area (TPSA) is 58.3 Å². The van der Waals surface area contributed by atoms with Gasteiger partial charge in [-0.3, -0.25) is 0 Å². The van der Waals surface area contributed by atoms with Crippen LogP contribution >= 0.6 is 0 Å². The predicted octanol–water partition coefficient (Wildman–Crippen LogP) is 2.86. The Morgan fingerprint density at radius 2 is 1.84 bits per heavy atom. The number of nitrogens with zero attached hydrogens (tertiary/aromatic N) is 5. The molecule has 6 nitrogen and oxygen atoms in total. The maximum absolute atomic E-state index is 5.42. The average molecular weight is 335 g/mol. The summed E-state index contributed by atoms with van der Waals surface area (Å²) in [4.78, 5) is 13.7. The van der Waals surface area contributed by atoms with Crippen LogP contribution in [0.3, 0.4) is 0 Å². The molecule has 1 saturated heterocycles. The van der Waals surface area contributed by atoms with Crippen LogP contribution in [-0.2, 0) is 0 Å². The molecule has 0 N–H and O–H groups in total. The van der Waals surface area contributed by atoms with Gasteiger partial charge in [-0.2, -0.15) is 4.98 Å². The first kappa shape index (κ1) is 15.8. The number of piperazine rings is 1. The maximum Gasteiger partial charge on any atom is 0.259 e. The molecule has 0 saturated carbocycles. The fourth-order valence-electron chi connectivity index (χ4n) is 2.98. The van der Waals surface area contributed by atoms with Crippen LogP contribution < -0.4 is 4.90 Å². The van der Waals surface area contributed by atoms with Crippen molar-refractivity contribution in [3.63, 3.8) is 0 Å². The lowest BCUT2D eigenvalue weighted by Gasteiger charge is -2.33. The van der Waals surface area contributed by atoms with Gasteiger partial charge in [-0.1, -0.05) is 28.9 Å². The second-order valence-electron chi connectivity index (χ2n) is 6.49. The normalized spacial score (nSPS) is 15.5. The Morgan fingerprint density at radius 3 is 2.56 bits per heavy atom. The molecule has 1 aliphatic rings. The number of likely N-dealkylation sites (N-methyl/N-ethyl adjacent to an activating group) is 1. The van der Waals surface area contributed by atoms with Crippen LogP contribution in [0.15, 0.2) is 47.1 Å². The fourth-order valence-corrected chi connectivity index (χ4v) is 2.98. The molecule has 0 radical (unpaired) electrons. The number of benzene rings is 1. The smallest absolute Gasteiger partial charge is 0.259 e. The number of hydrogen-bond donors (Lipinski definition) is 0. The molecule has 25 heavy (non-hydrogen) atoms. The highest BCUT2D eigenvalue weighted by Gasteiger charge is 2.16. The molecule has 0 atom stereocenters. The molecule has 3 heterocycles. The minimum atomic E-state index is 0.494. The summed E-state index contributed by atoms with van der Waals surface area (Å²) < 4.78 is 5.42. The maximum atomic E-state index is 5.42. The Labute approximate surface area is 147 Å². The molecule has 1 aliphatic heterocycles. The summed E-state index contributed by atoms with van der Waals surface area (Å²) >= 11 is 0. The van der Waals surface area contributed by atoms with E-state index in [9.17, 15) is 0 Å². The molecule has 4 rings (SSSR count). The van der Waals surface area contributed by atoms with Crippen LogP contribution in [0.25, 0.3) is 22.8 Å². The van der Waals surface area contributed by atoms with Crippen LogP contribution in [0.2, 0.25) is 0 Å². The van der Waals surface area contributed by atoms with Gasteiger partial charge in [0.1, 0.15) is 5.82 Å². The van der Waals surface area contributed by atoms with E-state index in [0.717, 1.165) is 43.1 Å². The summed E-state index contributed by atoms with van der Waals surface area (Å²) in [6.07, 6.45) is 1.81. The largest absolute Gasteiger partial charge is 0.354 e. The first-order chi connectivity index (χ1) is 12.2. The third-order valence-electron chi connectivity index (χ3n) is 4.52. The minimum absolute atomic E-state index is 0.494. The summed E-state index contributed by atoms with van der Waals surface area (Å²) in [5, 5.41) is 4.09. The summed E-state index contributed by atoms with van der Waals surface area (Å²) in [5.41, 5.74) is 2.96. The molecular weight excluding hydrogens is 314 g/mol. The molecule has 1 fully saturated rings. The van der Waals surface area contributed by atoms with Gasteiger partial charge in [-0.15, -0.1) is 0 Å². The zero-order chi connectivity index (χ0) is 17.2. The number of pyridine rings is 1. The van der Waals surface area contributed by atoms with E-state index in [1.165, 1.54) is 5.56 Å². The zero-order valence-electron chi connectivity index (χ0n) is 14.5. The summed E-state index contributed by atoms with van der Waals surface area (Å²) in [7, 11) is 2.15. The quantitative estimate of drug-likeness (QED) is 0.733. The van der Waals surface area contributed by atoms with Crippen molar-refractivity contribution in [3.8, 4) is 22.8 Å². The average Bonchev–Trinajstić information content (AvgIpc) is 3.13. The third-order valence-corrected chi connectivity index (χ3v) is 4.52. The van der Waals surface area contributed by atoms with E-state index in [1.54, 1.807) is 6.20 Å². The van der Waals surface area contributed by atoms with Gasteiger partial charge in [-0.05, 0) is 32.2 Å². The van der Waals surface area contributed by atoms with Crippen LogP contribution in [0.5, 0.6) is 0 Å². The van der Waals surface area contributed by atoms with Crippen molar-refractivity contribution in [1.82, 2.24) is 20.0 Å². The minimum Gasteiger partial charge on any atom is -0.354 e. The molecule has 2 aromatic heterocycles. The molecule has 1 aromatic carbocycles. The molecule has 0 bridgehead atoms. The van der Waals surface area contributed by atoms with Gasteiger partial charge in [0.05, 0.1) is 5.56 Å². The van der Waals surface area contributed by atoms with Gasteiger partial charge in [0.25, 0.3) is 5.89 Å². The molecule has 0 unspecified atom stereocenters. The van der Waals surface area contributed by atoms with Crippen molar-refractivity contribution in [2.75, 3.05) is 38.1 Å². The number of rotatable bonds is 3. The lowest BCUT2D eigenvalue weighted by Crippen LogP contribution is -2.44. The molecule has 128 valence electrons. The van der Waals surface area contributed by atoms with Crippen LogP contribution in [-0.4, -0.2) is 53.3 Å². The molecule has 6 heteroatoms. The Hall–Kier alpha value is -2.73. The SMILES string of the molecule is Cc1cccc(-c2noc(-c3ccc(N4CCN(C)CC4)nc3)n2)c1. The second-order valence-corrected chi connectivity index (χ2v) is 6.49. The number of aryl methyl sites for hydroxylation is 1. The number of anilines is 1. The van der Waals surface area contributed by atoms with E-state index in [1.807, 2.05) is 43.3 Å². The lowest BCUT2D eigenvalue weighted by atomic mass is 10.1. The van der Waals surface area contributed by atoms with E-state index in [-0.39, 0.29) is 0 Å². The van der Waals surface area contributed by atoms with Crippen molar-refractivity contribution < 1.29 is 4.52 Å². The van der Waals surface area contributed by atoms with Gasteiger partial charge < -0.3 is 14.3 Å². The Kier molecular flexibility index (Phi) is 4.19. The standard InChI is InChI=1S/C19H21N5O/c1-14-4-3-5-15(12-14)18-21-19(25-22-18)16-6-7-17(20-13-16)24-10-8-23(2)9-11-24/h3-7,12-13H,8-11H2,1-2H3. The Balaban J connectivity index is 1.53. The highest BCUT2D eigenvalue weighted by Crippen LogP contribution is 2.24. The highest BCUT2D eigenvalue weighted by molar-refractivity contribution is 5.60. The Bertz CT molecular complexity index is 850. The number of aromatic nitrogens is 3. The molecule has 0 spiro atoms. The molecule has 0 aliphatic carbocycles. The van der Waals surface area contributed by atoms with E-state index in [2.05, 4.69) is 32.0 Å². The van der Waals surface area contributed by atoms with Crippen molar-refractivity contribution in [2.24, 2.45) is 0 Å². The van der Waals surface area contributed by atoms with Crippen molar-refractivity contribution in [3.05, 3.63) is 48.2 Å². The summed E-state index contributed by atoms with van der Waals surface area (Å²) in [6, 6.07) is 12.1. The van der Waals surface area contributed by atoms with E-state index in [0.29, 0.717) is 11.7 Å². The van der Waals surface area contributed by atoms with E-state index < -0.39 is 0 Å². The van der Waals surface area contributed by atoms with Crippen molar-refractivity contribution in [2.45, 2.75) is 6.92 Å². The van der Waals surface area contributed by atoms with Gasteiger partial charge in [0.15, 0.2) is 0 Å². The molecule has 0 amide bonds. The zero-order valence-corrected chi connectivity index (χ0v) is 14.5. The number of hydrogen-bond acceptors (Lipinski definition) is 6. The predicted molar refractivity (Wildman–Crippen MR) is 97.4 cm³/mol. The van der Waals surface area contributed by atoms with Gasteiger partial charge in [0.2, 0.25) is 5.82 Å². The van der Waals surface area contributed by atoms with Crippen molar-refractivity contribution >= 4 is 5.82 Å². The second kappa shape index (κ2) is 6.64. The molecular formula is C19H21N5O. The monoisotopic (exact) mass is 335 g/mol. The van der Waals surface area contributed by atoms with Crippen LogP contribution in [0.1, 0.15) is 5.56 Å². The van der Waals surface area contributed by atoms with Gasteiger partial charge >= 0.3 is 0 Å². The summed E-state index contributed by atoms with van der Waals surface area (Å²) in [5.74, 6) is 2.09. The van der Waals surface area contributed by atoms with Crippen LogP contribution in [0, 0.1) is 6.92 Å². The summed E-state index contributed by atoms with van der Waals surface area (Å²) in [6.45, 7) is 6.17. The van der Waals surface area contributed by atoms with E-state index >= 15 is 0 Å². The van der Waals surface area contributed by atoms with E-state index in [4.69, 9.17) is 4.52 Å². The highest BCUT2D eigenvalue weighted by atomic mass is 16.5. The first-order valence-electron chi connectivity index (χ1n) is 8.50. The fraction of sp³-hybridized carbons (Fsp3) is 0.316.